The van der Waals surface area contributed by atoms with Gasteiger partial charge in [-0.25, -0.2) is 4.98 Å². The first-order valence-electron chi connectivity index (χ1n) is 7.35. The maximum absolute atomic E-state index is 12.1. The third kappa shape index (κ3) is 4.51. The molecule has 1 aromatic heterocycles. The van der Waals surface area contributed by atoms with Gasteiger partial charge < -0.3 is 11.1 Å². The molecule has 0 saturated carbocycles. The van der Waals surface area contributed by atoms with Gasteiger partial charge in [0.25, 0.3) is 0 Å². The molecule has 4 nitrogen and oxygen atoms in total. The molecule has 0 spiro atoms. The largest absolute Gasteiger partial charge is 0.330 e. The van der Waals surface area contributed by atoms with E-state index in [1.165, 1.54) is 16.9 Å². The minimum atomic E-state index is 0.00174. The van der Waals surface area contributed by atoms with Gasteiger partial charge in [-0.3, -0.25) is 4.79 Å². The first-order chi connectivity index (χ1) is 9.97. The summed E-state index contributed by atoms with van der Waals surface area (Å²) in [5.41, 5.74) is 7.88. The van der Waals surface area contributed by atoms with E-state index in [2.05, 4.69) is 37.1 Å². The zero-order valence-corrected chi connectivity index (χ0v) is 13.7. The number of nitrogens with two attached hydrogens (primary N) is 1. The van der Waals surface area contributed by atoms with Crippen LogP contribution in [0.4, 0.5) is 5.13 Å². The summed E-state index contributed by atoms with van der Waals surface area (Å²) in [7, 11) is 0. The summed E-state index contributed by atoms with van der Waals surface area (Å²) < 4.78 is 1.10. The topological polar surface area (TPSA) is 68.0 Å². The summed E-state index contributed by atoms with van der Waals surface area (Å²) >= 11 is 1.51. The van der Waals surface area contributed by atoms with Crippen LogP contribution in [-0.2, 0) is 4.79 Å². The monoisotopic (exact) mass is 305 g/mol. The molecule has 0 aliphatic rings. The lowest BCUT2D eigenvalue weighted by atomic mass is 9.94. The Morgan fingerprint density at radius 1 is 1.43 bits per heavy atom. The van der Waals surface area contributed by atoms with Gasteiger partial charge >= 0.3 is 0 Å². The maximum atomic E-state index is 12.1. The van der Waals surface area contributed by atoms with Crippen molar-refractivity contribution in [2.75, 3.05) is 11.9 Å². The second-order valence-electron chi connectivity index (χ2n) is 5.97. The van der Waals surface area contributed by atoms with E-state index in [1.807, 2.05) is 12.1 Å². The third-order valence-electron chi connectivity index (χ3n) is 3.40. The first kappa shape index (κ1) is 15.9. The molecule has 0 bridgehead atoms. The van der Waals surface area contributed by atoms with Crippen LogP contribution in [0.1, 0.15) is 32.3 Å². The van der Waals surface area contributed by atoms with E-state index in [0.717, 1.165) is 16.6 Å². The Hall–Kier alpha value is -1.46. The Morgan fingerprint density at radius 3 is 2.86 bits per heavy atom. The van der Waals surface area contributed by atoms with Gasteiger partial charge in [0.05, 0.1) is 10.2 Å². The van der Waals surface area contributed by atoms with Crippen LogP contribution in [0.15, 0.2) is 18.2 Å². The Bertz CT molecular complexity index is 621. The molecule has 0 fully saturated rings. The van der Waals surface area contributed by atoms with Gasteiger partial charge in [0, 0.05) is 6.42 Å². The van der Waals surface area contributed by atoms with Crippen LogP contribution < -0.4 is 11.1 Å². The lowest BCUT2D eigenvalue weighted by molar-refractivity contribution is -0.117. The van der Waals surface area contributed by atoms with Crippen LogP contribution in [0.2, 0.25) is 0 Å². The van der Waals surface area contributed by atoms with Crippen molar-refractivity contribution < 1.29 is 4.79 Å². The number of aromatic nitrogens is 1. The van der Waals surface area contributed by atoms with Crippen LogP contribution in [0.5, 0.6) is 0 Å². The van der Waals surface area contributed by atoms with E-state index in [9.17, 15) is 4.79 Å². The molecule has 1 aromatic carbocycles. The lowest BCUT2D eigenvalue weighted by Gasteiger charge is -2.15. The second-order valence-corrected chi connectivity index (χ2v) is 7.00. The SMILES string of the molecule is Cc1ccc2nc(NC(=O)C[C@@H](CN)CC(C)C)sc2c1. The standard InChI is InChI=1S/C16H23N3OS/c1-10(2)6-12(9-17)8-15(20)19-16-18-13-5-4-11(3)7-14(13)21-16/h4-5,7,10,12H,6,8-9,17H2,1-3H3,(H,18,19,20)/t12-/m0/s1. The van der Waals surface area contributed by atoms with Gasteiger partial charge in [0.15, 0.2) is 5.13 Å². The molecule has 0 aliphatic heterocycles. The van der Waals surface area contributed by atoms with Crippen molar-refractivity contribution in [2.24, 2.45) is 17.6 Å². The number of nitrogens with zero attached hydrogens (tertiary/aromatic N) is 1. The number of hydrogen-bond acceptors (Lipinski definition) is 4. The fraction of sp³-hybridized carbons (Fsp3) is 0.500. The molecule has 2 aromatic rings. The minimum Gasteiger partial charge on any atom is -0.330 e. The number of carbonyl (C=O) groups is 1. The number of nitrogens with one attached hydrogen (secondary N) is 1. The van der Waals surface area contributed by atoms with Crippen LogP contribution in [-0.4, -0.2) is 17.4 Å². The number of anilines is 1. The average molecular weight is 305 g/mol. The first-order valence-corrected chi connectivity index (χ1v) is 8.16. The van der Waals surface area contributed by atoms with Gasteiger partial charge in [-0.2, -0.15) is 0 Å². The molecule has 0 aliphatic carbocycles. The third-order valence-corrected chi connectivity index (χ3v) is 4.34. The number of amides is 1. The predicted molar refractivity (Wildman–Crippen MR) is 89.6 cm³/mol. The molecular weight excluding hydrogens is 282 g/mol. The zero-order valence-electron chi connectivity index (χ0n) is 12.8. The molecule has 1 atom stereocenters. The van der Waals surface area contributed by atoms with E-state index in [0.29, 0.717) is 24.0 Å². The van der Waals surface area contributed by atoms with E-state index < -0.39 is 0 Å². The fourth-order valence-electron chi connectivity index (χ4n) is 2.45. The van der Waals surface area contributed by atoms with Crippen LogP contribution in [0.3, 0.4) is 0 Å². The number of benzene rings is 1. The molecule has 0 radical (unpaired) electrons. The summed E-state index contributed by atoms with van der Waals surface area (Å²) in [5, 5.41) is 3.57. The van der Waals surface area contributed by atoms with Gasteiger partial charge in [-0.15, -0.1) is 0 Å². The summed E-state index contributed by atoms with van der Waals surface area (Å²) in [6.07, 6.45) is 1.44. The molecule has 0 saturated heterocycles. The predicted octanol–water partition coefficient (Wildman–Crippen LogP) is 3.55. The molecular formula is C16H23N3OS. The van der Waals surface area contributed by atoms with Crippen molar-refractivity contribution in [1.29, 1.82) is 0 Å². The van der Waals surface area contributed by atoms with E-state index >= 15 is 0 Å². The van der Waals surface area contributed by atoms with Crippen molar-refractivity contribution in [3.8, 4) is 0 Å². The van der Waals surface area contributed by atoms with Gasteiger partial charge in [0.1, 0.15) is 0 Å². The van der Waals surface area contributed by atoms with Crippen LogP contribution in [0.25, 0.3) is 10.2 Å². The number of hydrogen-bond donors (Lipinski definition) is 2. The summed E-state index contributed by atoms with van der Waals surface area (Å²) in [5.74, 6) is 0.792. The number of carbonyl (C=O) groups excluding carboxylic acids is 1. The normalized spacial score (nSPS) is 12.8. The number of aryl methyl sites for hydroxylation is 1. The van der Waals surface area contributed by atoms with Gasteiger partial charge in [-0.1, -0.05) is 31.3 Å². The molecule has 114 valence electrons. The van der Waals surface area contributed by atoms with Crippen molar-refractivity contribution in [3.63, 3.8) is 0 Å². The molecule has 21 heavy (non-hydrogen) atoms. The van der Waals surface area contributed by atoms with Crippen molar-refractivity contribution in [3.05, 3.63) is 23.8 Å². The van der Waals surface area contributed by atoms with Crippen molar-refractivity contribution in [2.45, 2.75) is 33.6 Å². The zero-order chi connectivity index (χ0) is 15.4. The minimum absolute atomic E-state index is 0.00174. The second kappa shape index (κ2) is 7.00. The highest BCUT2D eigenvalue weighted by atomic mass is 32.1. The Kier molecular flexibility index (Phi) is 5.31. The molecule has 1 amide bonds. The summed E-state index contributed by atoms with van der Waals surface area (Å²) in [6, 6.07) is 6.10. The Labute approximate surface area is 129 Å². The highest BCUT2D eigenvalue weighted by Gasteiger charge is 2.15. The molecule has 0 unspecified atom stereocenters. The van der Waals surface area contributed by atoms with Crippen molar-refractivity contribution >= 4 is 32.6 Å². The van der Waals surface area contributed by atoms with Crippen LogP contribution >= 0.6 is 11.3 Å². The van der Waals surface area contributed by atoms with E-state index in [-0.39, 0.29) is 11.8 Å². The number of rotatable bonds is 6. The quantitative estimate of drug-likeness (QED) is 0.857. The summed E-state index contributed by atoms with van der Waals surface area (Å²) in [4.78, 5) is 16.6. The fourth-order valence-corrected chi connectivity index (χ4v) is 3.43. The van der Waals surface area contributed by atoms with Crippen molar-refractivity contribution in [1.82, 2.24) is 4.98 Å². The number of thiazole rings is 1. The van der Waals surface area contributed by atoms with Crippen LogP contribution in [0, 0.1) is 18.8 Å². The molecule has 3 N–H and O–H groups in total. The summed E-state index contributed by atoms with van der Waals surface area (Å²) in [6.45, 7) is 6.90. The molecule has 1 heterocycles. The maximum Gasteiger partial charge on any atom is 0.226 e. The average Bonchev–Trinajstić information content (AvgIpc) is 2.78. The smallest absolute Gasteiger partial charge is 0.226 e. The highest BCUT2D eigenvalue weighted by Crippen LogP contribution is 2.27. The van der Waals surface area contributed by atoms with Gasteiger partial charge in [-0.05, 0) is 49.4 Å². The highest BCUT2D eigenvalue weighted by molar-refractivity contribution is 7.22. The Morgan fingerprint density at radius 2 is 2.19 bits per heavy atom. The van der Waals surface area contributed by atoms with E-state index in [1.54, 1.807) is 0 Å². The van der Waals surface area contributed by atoms with Gasteiger partial charge in [0.2, 0.25) is 5.91 Å². The molecule has 2 rings (SSSR count). The number of fused-ring (bicyclic) bond motifs is 1. The van der Waals surface area contributed by atoms with E-state index in [4.69, 9.17) is 5.73 Å². The molecule has 5 heteroatoms. The lowest BCUT2D eigenvalue weighted by Crippen LogP contribution is -2.23. The Balaban J connectivity index is 2.00.